The third kappa shape index (κ3) is 4.13. The molecule has 0 bridgehead atoms. The number of thioether (sulfide) groups is 1. The number of aromatic nitrogens is 3. The smallest absolute Gasteiger partial charge is 0.263 e. The number of ketones is 1. The Kier molecular flexibility index (Phi) is 6.33. The summed E-state index contributed by atoms with van der Waals surface area (Å²) in [5, 5.41) is 1.36. The van der Waals surface area contributed by atoms with E-state index in [1.54, 1.807) is 22.0 Å². The monoisotopic (exact) mass is 483 g/mol. The second kappa shape index (κ2) is 9.24. The van der Waals surface area contributed by atoms with E-state index in [-0.39, 0.29) is 23.2 Å². The van der Waals surface area contributed by atoms with E-state index in [1.165, 1.54) is 22.2 Å². The summed E-state index contributed by atoms with van der Waals surface area (Å²) >= 11 is 2.97. The summed E-state index contributed by atoms with van der Waals surface area (Å²) in [7, 11) is 0. The van der Waals surface area contributed by atoms with Crippen LogP contribution < -0.4 is 5.56 Å². The van der Waals surface area contributed by atoms with Gasteiger partial charge in [-0.1, -0.05) is 17.8 Å². The molecule has 0 amide bonds. The summed E-state index contributed by atoms with van der Waals surface area (Å²) in [6.45, 7) is 9.86. The molecule has 174 valence electrons. The standard InChI is InChI=1S/C25H29N3O3S2/c1-4-10-27-24(30)22-18-8-5-9-21(18)33-23(22)26-25(27)32-14-20(29)19-12-15(2)28(16(19)3)13-17-7-6-11-31-17/h4,12,17H,1,5-11,13-14H2,2-3H3/t17-/m0/s1. The minimum Gasteiger partial charge on any atom is -0.376 e. The average Bonchev–Trinajstić information content (AvgIpc) is 3.56. The number of allylic oxidation sites excluding steroid dienone is 1. The molecule has 6 nitrogen and oxygen atoms in total. The Bertz CT molecular complexity index is 1290. The first-order valence-corrected chi connectivity index (χ1v) is 13.4. The van der Waals surface area contributed by atoms with E-state index in [1.807, 2.05) is 19.9 Å². The lowest BCUT2D eigenvalue weighted by atomic mass is 10.2. The van der Waals surface area contributed by atoms with Crippen LogP contribution in [-0.2, 0) is 30.7 Å². The topological polar surface area (TPSA) is 66.1 Å². The van der Waals surface area contributed by atoms with Gasteiger partial charge in [-0.3, -0.25) is 14.2 Å². The molecule has 1 fully saturated rings. The number of hydrogen-bond acceptors (Lipinski definition) is 6. The molecule has 2 aliphatic rings. The molecule has 0 aromatic carbocycles. The van der Waals surface area contributed by atoms with Crippen molar-refractivity contribution >= 4 is 39.1 Å². The fourth-order valence-corrected chi connectivity index (χ4v) is 7.22. The molecule has 0 N–H and O–H groups in total. The largest absolute Gasteiger partial charge is 0.376 e. The average molecular weight is 484 g/mol. The molecule has 0 spiro atoms. The molecule has 33 heavy (non-hydrogen) atoms. The van der Waals surface area contributed by atoms with Gasteiger partial charge in [-0.25, -0.2) is 4.98 Å². The van der Waals surface area contributed by atoms with Gasteiger partial charge < -0.3 is 9.30 Å². The summed E-state index contributed by atoms with van der Waals surface area (Å²) in [5.41, 5.74) is 3.97. The van der Waals surface area contributed by atoms with Gasteiger partial charge in [0.15, 0.2) is 10.9 Å². The molecular formula is C25H29N3O3S2. The summed E-state index contributed by atoms with van der Waals surface area (Å²) in [5.74, 6) is 0.296. The van der Waals surface area contributed by atoms with Gasteiger partial charge in [0.05, 0.1) is 17.2 Å². The zero-order valence-corrected chi connectivity index (χ0v) is 20.8. The Hall–Kier alpha value is -2.16. The van der Waals surface area contributed by atoms with Crippen molar-refractivity contribution in [3.63, 3.8) is 0 Å². The minimum absolute atomic E-state index is 0.0102. The maximum Gasteiger partial charge on any atom is 0.263 e. The minimum atomic E-state index is -0.0102. The SMILES string of the molecule is C=CCn1c(SCC(=O)c2cc(C)n(C[C@@H]3CCCO3)c2C)nc2sc3c(c2c1=O)CCC3. The molecule has 1 aliphatic heterocycles. The van der Waals surface area contributed by atoms with Crippen molar-refractivity contribution in [2.75, 3.05) is 12.4 Å². The third-order valence-electron chi connectivity index (χ3n) is 6.72. The van der Waals surface area contributed by atoms with Crippen molar-refractivity contribution in [1.29, 1.82) is 0 Å². The highest BCUT2D eigenvalue weighted by Gasteiger charge is 2.24. The first-order chi connectivity index (χ1) is 16.0. The van der Waals surface area contributed by atoms with E-state index in [2.05, 4.69) is 11.1 Å². The number of carbonyl (C=O) groups is 1. The molecular weight excluding hydrogens is 454 g/mol. The fraction of sp³-hybridized carbons (Fsp3) is 0.480. The van der Waals surface area contributed by atoms with Crippen LogP contribution in [-0.4, -0.2) is 38.4 Å². The number of nitrogens with zero attached hydrogens (tertiary/aromatic N) is 3. The zero-order valence-electron chi connectivity index (χ0n) is 19.2. The second-order valence-corrected chi connectivity index (χ2v) is 10.9. The zero-order chi connectivity index (χ0) is 23.1. The van der Waals surface area contributed by atoms with Crippen LogP contribution >= 0.6 is 23.1 Å². The van der Waals surface area contributed by atoms with Gasteiger partial charge in [-0.05, 0) is 57.6 Å². The number of ether oxygens (including phenoxy) is 1. The highest BCUT2D eigenvalue weighted by atomic mass is 32.2. The molecule has 8 heteroatoms. The molecule has 1 aliphatic carbocycles. The molecule has 5 rings (SSSR count). The summed E-state index contributed by atoms with van der Waals surface area (Å²) < 4.78 is 9.65. The third-order valence-corrected chi connectivity index (χ3v) is 8.88. The maximum atomic E-state index is 13.3. The normalized spacial score (nSPS) is 17.7. The van der Waals surface area contributed by atoms with Crippen molar-refractivity contribution < 1.29 is 9.53 Å². The van der Waals surface area contributed by atoms with Gasteiger partial charge >= 0.3 is 0 Å². The van der Waals surface area contributed by atoms with E-state index >= 15 is 0 Å². The molecule has 1 atom stereocenters. The fourth-order valence-electron chi connectivity index (χ4n) is 5.02. The van der Waals surface area contributed by atoms with Crippen LogP contribution in [0.15, 0.2) is 28.7 Å². The molecule has 0 radical (unpaired) electrons. The van der Waals surface area contributed by atoms with Crippen LogP contribution in [0.5, 0.6) is 0 Å². The number of carbonyl (C=O) groups excluding carboxylic acids is 1. The summed E-state index contributed by atoms with van der Waals surface area (Å²) in [4.78, 5) is 33.4. The first-order valence-electron chi connectivity index (χ1n) is 11.6. The molecule has 0 unspecified atom stereocenters. The molecule has 3 aromatic rings. The van der Waals surface area contributed by atoms with Crippen molar-refractivity contribution in [2.24, 2.45) is 0 Å². The molecule has 1 saturated heterocycles. The quantitative estimate of drug-likeness (QED) is 0.201. The van der Waals surface area contributed by atoms with Crippen LogP contribution in [0.1, 0.15) is 51.4 Å². The predicted octanol–water partition coefficient (Wildman–Crippen LogP) is 4.71. The number of fused-ring (bicyclic) bond motifs is 3. The number of rotatable bonds is 8. The number of Topliss-reactive ketones (excluding diaryl/α,β-unsaturated/α-hetero) is 1. The Morgan fingerprint density at radius 1 is 1.33 bits per heavy atom. The van der Waals surface area contributed by atoms with Crippen molar-refractivity contribution in [1.82, 2.24) is 14.1 Å². The Morgan fingerprint density at radius 2 is 2.18 bits per heavy atom. The Labute approximate surface area is 201 Å². The van der Waals surface area contributed by atoms with Crippen molar-refractivity contribution in [3.8, 4) is 0 Å². The maximum absolute atomic E-state index is 13.3. The number of aryl methyl sites for hydroxylation is 3. The lowest BCUT2D eigenvalue weighted by Gasteiger charge is -2.15. The number of thiophene rings is 1. The molecule has 4 heterocycles. The van der Waals surface area contributed by atoms with Gasteiger partial charge in [0, 0.05) is 41.5 Å². The lowest BCUT2D eigenvalue weighted by Crippen LogP contribution is -2.23. The van der Waals surface area contributed by atoms with Crippen molar-refractivity contribution in [2.45, 2.75) is 70.3 Å². The van der Waals surface area contributed by atoms with Crippen LogP contribution in [0.25, 0.3) is 10.2 Å². The van der Waals surface area contributed by atoms with Gasteiger partial charge in [0.25, 0.3) is 5.56 Å². The van der Waals surface area contributed by atoms with Crippen LogP contribution in [0.4, 0.5) is 0 Å². The van der Waals surface area contributed by atoms with Gasteiger partial charge in [-0.2, -0.15) is 0 Å². The highest BCUT2D eigenvalue weighted by Crippen LogP contribution is 2.35. The highest BCUT2D eigenvalue weighted by molar-refractivity contribution is 7.99. The van der Waals surface area contributed by atoms with Crippen LogP contribution in [0, 0.1) is 13.8 Å². The van der Waals surface area contributed by atoms with E-state index in [9.17, 15) is 9.59 Å². The Morgan fingerprint density at radius 3 is 2.94 bits per heavy atom. The summed E-state index contributed by atoms with van der Waals surface area (Å²) in [6, 6.07) is 1.98. The van der Waals surface area contributed by atoms with Gasteiger partial charge in [0.2, 0.25) is 0 Å². The lowest BCUT2D eigenvalue weighted by molar-refractivity contribution is 0.0957. The van der Waals surface area contributed by atoms with Gasteiger partial charge in [-0.15, -0.1) is 17.9 Å². The van der Waals surface area contributed by atoms with Crippen molar-refractivity contribution in [3.05, 3.63) is 56.5 Å². The van der Waals surface area contributed by atoms with E-state index in [0.29, 0.717) is 11.7 Å². The van der Waals surface area contributed by atoms with E-state index in [4.69, 9.17) is 9.72 Å². The van der Waals surface area contributed by atoms with E-state index in [0.717, 1.165) is 72.4 Å². The Balaban J connectivity index is 1.39. The number of hydrogen-bond donors (Lipinski definition) is 0. The van der Waals surface area contributed by atoms with E-state index < -0.39 is 0 Å². The van der Waals surface area contributed by atoms with Gasteiger partial charge in [0.1, 0.15) is 4.83 Å². The molecule has 3 aromatic heterocycles. The predicted molar refractivity (Wildman–Crippen MR) is 134 cm³/mol. The summed E-state index contributed by atoms with van der Waals surface area (Å²) in [6.07, 6.45) is 7.19. The second-order valence-electron chi connectivity index (χ2n) is 8.88. The molecule has 0 saturated carbocycles. The first kappa shape index (κ1) is 22.6. The van der Waals surface area contributed by atoms with Crippen LogP contribution in [0.2, 0.25) is 0 Å². The van der Waals surface area contributed by atoms with Crippen LogP contribution in [0.3, 0.4) is 0 Å².